The molecule has 2 amide bonds. The molecule has 1 saturated heterocycles. The summed E-state index contributed by atoms with van der Waals surface area (Å²) >= 11 is 0. The minimum Gasteiger partial charge on any atom is -0.453 e. The van der Waals surface area contributed by atoms with Crippen LogP contribution in [-0.4, -0.2) is 56.7 Å². The second kappa shape index (κ2) is 7.68. The van der Waals surface area contributed by atoms with Gasteiger partial charge in [0.15, 0.2) is 0 Å². The number of para-hydroxylation sites is 1. The first-order valence-corrected chi connectivity index (χ1v) is 7.52. The maximum atomic E-state index is 12.1. The number of nitrogens with zero attached hydrogens (tertiary/aromatic N) is 2. The molecule has 1 heterocycles. The smallest absolute Gasteiger partial charge is 0.407 e. The summed E-state index contributed by atoms with van der Waals surface area (Å²) in [6.07, 6.45) is 0.336. The van der Waals surface area contributed by atoms with E-state index in [-0.39, 0.29) is 12.5 Å². The quantitative estimate of drug-likeness (QED) is 0.917. The fourth-order valence-electron chi connectivity index (χ4n) is 2.66. The number of carbonyl (C=O) groups is 2. The highest BCUT2D eigenvalue weighted by Crippen LogP contribution is 2.20. The van der Waals surface area contributed by atoms with Crippen molar-refractivity contribution in [2.75, 3.05) is 44.7 Å². The molecule has 2 rings (SSSR count). The largest absolute Gasteiger partial charge is 0.453 e. The highest BCUT2D eigenvalue weighted by atomic mass is 16.5. The second-order valence-corrected chi connectivity index (χ2v) is 5.35. The molecular weight excluding hydrogens is 282 g/mol. The molecule has 0 aromatic heterocycles. The molecule has 0 unspecified atom stereocenters. The van der Waals surface area contributed by atoms with Crippen molar-refractivity contribution in [3.63, 3.8) is 0 Å². The number of alkyl carbamates (subject to hydrolysis) is 1. The summed E-state index contributed by atoms with van der Waals surface area (Å²) in [6.45, 7) is 5.19. The number of methoxy groups -OCH3 is 1. The van der Waals surface area contributed by atoms with E-state index in [1.165, 1.54) is 18.4 Å². The van der Waals surface area contributed by atoms with E-state index in [1.807, 2.05) is 12.1 Å². The Kier molecular flexibility index (Phi) is 5.63. The first-order chi connectivity index (χ1) is 10.6. The molecule has 22 heavy (non-hydrogen) atoms. The number of hydrogen-bond acceptors (Lipinski definition) is 4. The van der Waals surface area contributed by atoms with Gasteiger partial charge >= 0.3 is 6.09 Å². The van der Waals surface area contributed by atoms with Crippen molar-refractivity contribution < 1.29 is 14.3 Å². The van der Waals surface area contributed by atoms with Crippen molar-refractivity contribution in [3.05, 3.63) is 29.8 Å². The van der Waals surface area contributed by atoms with Crippen LogP contribution in [0.4, 0.5) is 10.5 Å². The predicted octanol–water partition coefficient (Wildman–Crippen LogP) is 1.39. The van der Waals surface area contributed by atoms with E-state index in [2.05, 4.69) is 34.0 Å². The summed E-state index contributed by atoms with van der Waals surface area (Å²) in [4.78, 5) is 27.3. The van der Waals surface area contributed by atoms with Crippen LogP contribution in [0.15, 0.2) is 24.3 Å². The highest BCUT2D eigenvalue weighted by Gasteiger charge is 2.20. The molecule has 0 spiro atoms. The highest BCUT2D eigenvalue weighted by molar-refractivity contribution is 5.82. The van der Waals surface area contributed by atoms with Crippen molar-refractivity contribution in [2.24, 2.45) is 0 Å². The molecule has 1 aliphatic rings. The van der Waals surface area contributed by atoms with Crippen molar-refractivity contribution in [3.8, 4) is 0 Å². The molecule has 120 valence electrons. The first kappa shape index (κ1) is 16.1. The topological polar surface area (TPSA) is 61.9 Å². The van der Waals surface area contributed by atoms with Crippen molar-refractivity contribution in [1.29, 1.82) is 0 Å². The van der Waals surface area contributed by atoms with E-state index in [9.17, 15) is 9.59 Å². The summed E-state index contributed by atoms with van der Waals surface area (Å²) in [5, 5.41) is 2.44. The molecule has 6 heteroatoms. The third kappa shape index (κ3) is 4.13. The monoisotopic (exact) mass is 305 g/mol. The van der Waals surface area contributed by atoms with E-state index in [0.717, 1.165) is 19.5 Å². The lowest BCUT2D eigenvalue weighted by molar-refractivity contribution is -0.129. The van der Waals surface area contributed by atoms with Gasteiger partial charge in [-0.05, 0) is 25.0 Å². The number of benzene rings is 1. The van der Waals surface area contributed by atoms with Crippen LogP contribution in [0, 0.1) is 6.92 Å². The molecule has 0 saturated carbocycles. The van der Waals surface area contributed by atoms with Crippen molar-refractivity contribution in [1.82, 2.24) is 10.2 Å². The minimum atomic E-state index is -0.579. The third-order valence-corrected chi connectivity index (χ3v) is 3.87. The number of aryl methyl sites for hydroxylation is 1. The lowest BCUT2D eigenvalue weighted by atomic mass is 10.2. The average molecular weight is 305 g/mol. The number of anilines is 1. The molecule has 1 aliphatic heterocycles. The molecule has 0 atom stereocenters. The summed E-state index contributed by atoms with van der Waals surface area (Å²) in [7, 11) is 1.28. The van der Waals surface area contributed by atoms with E-state index >= 15 is 0 Å². The van der Waals surface area contributed by atoms with Crippen LogP contribution in [-0.2, 0) is 9.53 Å². The molecular formula is C16H23N3O3. The molecule has 6 nitrogen and oxygen atoms in total. The van der Waals surface area contributed by atoms with E-state index in [1.54, 1.807) is 4.90 Å². The number of ether oxygens (including phenoxy) is 1. The van der Waals surface area contributed by atoms with Crippen LogP contribution in [0.2, 0.25) is 0 Å². The zero-order valence-electron chi connectivity index (χ0n) is 13.2. The number of hydrogen-bond donors (Lipinski definition) is 1. The van der Waals surface area contributed by atoms with Crippen LogP contribution in [0.25, 0.3) is 0 Å². The van der Waals surface area contributed by atoms with Crippen LogP contribution in [0.1, 0.15) is 12.0 Å². The van der Waals surface area contributed by atoms with Gasteiger partial charge in [0.05, 0.1) is 7.11 Å². The Morgan fingerprint density at radius 2 is 1.95 bits per heavy atom. The average Bonchev–Trinajstić information content (AvgIpc) is 2.78. The van der Waals surface area contributed by atoms with Crippen LogP contribution in [0.5, 0.6) is 0 Å². The van der Waals surface area contributed by atoms with Crippen molar-refractivity contribution >= 4 is 17.7 Å². The fraction of sp³-hybridized carbons (Fsp3) is 0.500. The maximum absolute atomic E-state index is 12.1. The zero-order valence-corrected chi connectivity index (χ0v) is 13.2. The Labute approximate surface area is 131 Å². The van der Waals surface area contributed by atoms with E-state index in [4.69, 9.17) is 0 Å². The predicted molar refractivity (Wildman–Crippen MR) is 85.0 cm³/mol. The van der Waals surface area contributed by atoms with Gasteiger partial charge in [0.1, 0.15) is 6.54 Å². The van der Waals surface area contributed by atoms with Crippen LogP contribution < -0.4 is 10.2 Å². The second-order valence-electron chi connectivity index (χ2n) is 5.35. The van der Waals surface area contributed by atoms with Gasteiger partial charge in [0, 0.05) is 31.9 Å². The minimum absolute atomic E-state index is 0.0168. The number of amides is 2. The van der Waals surface area contributed by atoms with Gasteiger partial charge in [-0.15, -0.1) is 0 Å². The lowest BCUT2D eigenvalue weighted by Crippen LogP contribution is -2.42. The maximum Gasteiger partial charge on any atom is 0.407 e. The standard InChI is InChI=1S/C16H23N3O3/c1-13-6-3-4-7-14(13)18-8-5-9-19(11-10-18)15(20)12-17-16(21)22-2/h3-4,6-7H,5,8-12H2,1-2H3,(H,17,21). The summed E-state index contributed by atoms with van der Waals surface area (Å²) in [5.41, 5.74) is 2.47. The third-order valence-electron chi connectivity index (χ3n) is 3.87. The van der Waals surface area contributed by atoms with Crippen LogP contribution in [0.3, 0.4) is 0 Å². The number of nitrogens with one attached hydrogen (secondary N) is 1. The van der Waals surface area contributed by atoms with Gasteiger partial charge in [-0.1, -0.05) is 18.2 Å². The number of rotatable bonds is 3. The van der Waals surface area contributed by atoms with Gasteiger partial charge in [-0.2, -0.15) is 0 Å². The Morgan fingerprint density at radius 3 is 2.68 bits per heavy atom. The normalized spacial score (nSPS) is 15.2. The Hall–Kier alpha value is -2.24. The van der Waals surface area contributed by atoms with Gasteiger partial charge in [-0.25, -0.2) is 4.79 Å². The van der Waals surface area contributed by atoms with Gasteiger partial charge in [-0.3, -0.25) is 4.79 Å². The molecule has 0 radical (unpaired) electrons. The molecule has 1 aromatic rings. The van der Waals surface area contributed by atoms with Gasteiger partial charge in [0.25, 0.3) is 0 Å². The summed E-state index contributed by atoms with van der Waals surface area (Å²) < 4.78 is 4.47. The van der Waals surface area contributed by atoms with Crippen molar-refractivity contribution in [2.45, 2.75) is 13.3 Å². The molecule has 1 aromatic carbocycles. The van der Waals surface area contributed by atoms with E-state index < -0.39 is 6.09 Å². The summed E-state index contributed by atoms with van der Waals surface area (Å²) in [5.74, 6) is -0.0722. The van der Waals surface area contributed by atoms with E-state index in [0.29, 0.717) is 13.1 Å². The molecule has 1 N–H and O–H groups in total. The summed E-state index contributed by atoms with van der Waals surface area (Å²) in [6, 6.07) is 8.29. The Bertz CT molecular complexity index is 533. The first-order valence-electron chi connectivity index (χ1n) is 7.52. The molecule has 0 bridgehead atoms. The van der Waals surface area contributed by atoms with Crippen LogP contribution >= 0.6 is 0 Å². The Balaban J connectivity index is 1.91. The van der Waals surface area contributed by atoms with Gasteiger partial charge < -0.3 is 19.9 Å². The zero-order chi connectivity index (χ0) is 15.9. The Morgan fingerprint density at radius 1 is 1.18 bits per heavy atom. The lowest BCUT2D eigenvalue weighted by Gasteiger charge is -2.25. The molecule has 0 aliphatic carbocycles. The number of carbonyl (C=O) groups excluding carboxylic acids is 2. The fourth-order valence-corrected chi connectivity index (χ4v) is 2.66. The van der Waals surface area contributed by atoms with Gasteiger partial charge in [0.2, 0.25) is 5.91 Å². The molecule has 1 fully saturated rings. The SMILES string of the molecule is COC(=O)NCC(=O)N1CCCN(c2ccccc2C)CC1.